The zero-order chi connectivity index (χ0) is 15.5. The van der Waals surface area contributed by atoms with Gasteiger partial charge in [-0.2, -0.15) is 4.98 Å². The summed E-state index contributed by atoms with van der Waals surface area (Å²) in [4.78, 5) is 16.0. The van der Waals surface area contributed by atoms with Crippen LogP contribution >= 0.6 is 0 Å². The average Bonchev–Trinajstić information content (AvgIpc) is 3.13. The van der Waals surface area contributed by atoms with Gasteiger partial charge in [0.1, 0.15) is 0 Å². The first-order chi connectivity index (χ1) is 10.6. The van der Waals surface area contributed by atoms with E-state index in [2.05, 4.69) is 20.3 Å². The molecule has 0 unspecified atom stereocenters. The molecule has 22 heavy (non-hydrogen) atoms. The van der Waals surface area contributed by atoms with Crippen LogP contribution in [0.4, 0.5) is 0 Å². The Hall–Kier alpha value is -3.03. The molecule has 0 aliphatic carbocycles. The van der Waals surface area contributed by atoms with Crippen molar-refractivity contribution in [1.29, 1.82) is 0 Å². The monoisotopic (exact) mass is 300 g/mol. The fourth-order valence-electron chi connectivity index (χ4n) is 1.80. The standard InChI is InChI=1S/C14H12N4O4/c1-8-15-12(22-18-8)7-20-14(19)11-5-3-4-10(6-11)13-17-16-9(2)21-13/h3-6H,7H2,1-2H3. The molecule has 8 heteroatoms. The van der Waals surface area contributed by atoms with Crippen LogP contribution in [0, 0.1) is 13.8 Å². The van der Waals surface area contributed by atoms with Crippen LogP contribution in [0.5, 0.6) is 0 Å². The van der Waals surface area contributed by atoms with Gasteiger partial charge in [0, 0.05) is 12.5 Å². The molecule has 0 atom stereocenters. The van der Waals surface area contributed by atoms with E-state index in [9.17, 15) is 4.79 Å². The lowest BCUT2D eigenvalue weighted by atomic mass is 10.1. The van der Waals surface area contributed by atoms with Crippen molar-refractivity contribution in [3.63, 3.8) is 0 Å². The van der Waals surface area contributed by atoms with Crippen LogP contribution in [0.2, 0.25) is 0 Å². The number of esters is 1. The second-order valence-corrected chi connectivity index (χ2v) is 4.52. The molecule has 0 aliphatic rings. The molecule has 3 aromatic rings. The van der Waals surface area contributed by atoms with Gasteiger partial charge in [-0.25, -0.2) is 4.79 Å². The maximum absolute atomic E-state index is 12.0. The normalized spacial score (nSPS) is 10.6. The number of hydrogen-bond acceptors (Lipinski definition) is 8. The Morgan fingerprint density at radius 2 is 2.14 bits per heavy atom. The van der Waals surface area contributed by atoms with E-state index in [1.54, 1.807) is 38.1 Å². The van der Waals surface area contributed by atoms with Crippen LogP contribution < -0.4 is 0 Å². The first-order valence-electron chi connectivity index (χ1n) is 6.48. The number of carbonyl (C=O) groups is 1. The third-order valence-corrected chi connectivity index (χ3v) is 2.77. The van der Waals surface area contributed by atoms with E-state index in [0.29, 0.717) is 28.7 Å². The summed E-state index contributed by atoms with van der Waals surface area (Å²) in [6, 6.07) is 6.73. The van der Waals surface area contributed by atoms with Crippen molar-refractivity contribution in [2.45, 2.75) is 20.5 Å². The summed E-state index contributed by atoms with van der Waals surface area (Å²) in [5.41, 5.74) is 1.01. The number of hydrogen-bond donors (Lipinski definition) is 0. The molecule has 0 bridgehead atoms. The number of ether oxygens (including phenoxy) is 1. The summed E-state index contributed by atoms with van der Waals surface area (Å²) in [6.45, 7) is 3.30. The molecule has 2 aromatic heterocycles. The van der Waals surface area contributed by atoms with Gasteiger partial charge in [0.15, 0.2) is 12.4 Å². The van der Waals surface area contributed by atoms with Gasteiger partial charge in [0.05, 0.1) is 5.56 Å². The summed E-state index contributed by atoms with van der Waals surface area (Å²) >= 11 is 0. The minimum Gasteiger partial charge on any atom is -0.452 e. The number of carbonyl (C=O) groups excluding carboxylic acids is 1. The zero-order valence-corrected chi connectivity index (χ0v) is 11.9. The lowest BCUT2D eigenvalue weighted by molar-refractivity contribution is 0.0430. The molecule has 0 spiro atoms. The predicted octanol–water partition coefficient (Wildman–Crippen LogP) is 2.09. The van der Waals surface area contributed by atoms with Gasteiger partial charge < -0.3 is 13.7 Å². The maximum Gasteiger partial charge on any atom is 0.338 e. The molecule has 112 valence electrons. The minimum atomic E-state index is -0.506. The maximum atomic E-state index is 12.0. The summed E-state index contributed by atoms with van der Waals surface area (Å²) < 4.78 is 15.3. The van der Waals surface area contributed by atoms with Crippen molar-refractivity contribution in [2.75, 3.05) is 0 Å². The second kappa shape index (κ2) is 5.76. The third kappa shape index (κ3) is 3.00. The fourth-order valence-corrected chi connectivity index (χ4v) is 1.80. The second-order valence-electron chi connectivity index (χ2n) is 4.52. The Kier molecular flexibility index (Phi) is 3.65. The van der Waals surface area contributed by atoms with Crippen LogP contribution in [-0.4, -0.2) is 26.3 Å². The molecule has 0 saturated heterocycles. The van der Waals surface area contributed by atoms with Gasteiger partial charge in [-0.1, -0.05) is 11.2 Å². The Labute approximate surface area is 125 Å². The highest BCUT2D eigenvalue weighted by Gasteiger charge is 2.13. The lowest BCUT2D eigenvalue weighted by Gasteiger charge is -2.03. The molecule has 0 N–H and O–H groups in total. The lowest BCUT2D eigenvalue weighted by Crippen LogP contribution is -2.05. The van der Waals surface area contributed by atoms with Gasteiger partial charge >= 0.3 is 5.97 Å². The number of nitrogens with zero attached hydrogens (tertiary/aromatic N) is 4. The summed E-state index contributed by atoms with van der Waals surface area (Å²) in [5.74, 6) is 1.03. The Morgan fingerprint density at radius 1 is 1.27 bits per heavy atom. The van der Waals surface area contributed by atoms with Gasteiger partial charge in [-0.15, -0.1) is 10.2 Å². The largest absolute Gasteiger partial charge is 0.452 e. The van der Waals surface area contributed by atoms with E-state index in [4.69, 9.17) is 13.7 Å². The quantitative estimate of drug-likeness (QED) is 0.674. The Balaban J connectivity index is 1.72. The molecule has 2 heterocycles. The number of benzene rings is 1. The highest BCUT2D eigenvalue weighted by molar-refractivity contribution is 5.90. The van der Waals surface area contributed by atoms with Crippen LogP contribution in [-0.2, 0) is 11.3 Å². The van der Waals surface area contributed by atoms with E-state index in [0.717, 1.165) is 0 Å². The molecule has 8 nitrogen and oxygen atoms in total. The molecule has 0 fully saturated rings. The molecule has 0 amide bonds. The smallest absolute Gasteiger partial charge is 0.338 e. The van der Waals surface area contributed by atoms with Gasteiger partial charge in [-0.3, -0.25) is 0 Å². The van der Waals surface area contributed by atoms with Crippen molar-refractivity contribution >= 4 is 5.97 Å². The Morgan fingerprint density at radius 3 is 2.82 bits per heavy atom. The van der Waals surface area contributed by atoms with Crippen molar-refractivity contribution < 1.29 is 18.5 Å². The summed E-state index contributed by atoms with van der Waals surface area (Å²) in [5, 5.41) is 11.3. The van der Waals surface area contributed by atoms with Gasteiger partial charge in [0.2, 0.25) is 11.8 Å². The molecule has 1 aromatic carbocycles. The third-order valence-electron chi connectivity index (χ3n) is 2.77. The van der Waals surface area contributed by atoms with Crippen molar-refractivity contribution in [3.05, 3.63) is 47.4 Å². The number of aryl methyl sites for hydroxylation is 2. The SMILES string of the molecule is Cc1noc(COC(=O)c2cccc(-c3nnc(C)o3)c2)n1. The van der Waals surface area contributed by atoms with E-state index in [-0.39, 0.29) is 12.5 Å². The van der Waals surface area contributed by atoms with Crippen LogP contribution in [0.1, 0.15) is 28.0 Å². The molecule has 0 radical (unpaired) electrons. The molecular formula is C14H12N4O4. The highest BCUT2D eigenvalue weighted by Crippen LogP contribution is 2.19. The first kappa shape index (κ1) is 13.9. The van der Waals surface area contributed by atoms with Crippen LogP contribution in [0.15, 0.2) is 33.2 Å². The molecule has 0 saturated carbocycles. The fraction of sp³-hybridized carbons (Fsp3) is 0.214. The predicted molar refractivity (Wildman–Crippen MR) is 72.6 cm³/mol. The minimum absolute atomic E-state index is 0.0798. The van der Waals surface area contributed by atoms with Gasteiger partial charge in [-0.05, 0) is 25.1 Å². The topological polar surface area (TPSA) is 104 Å². The van der Waals surface area contributed by atoms with E-state index in [1.807, 2.05) is 0 Å². The van der Waals surface area contributed by atoms with E-state index >= 15 is 0 Å². The van der Waals surface area contributed by atoms with Crippen molar-refractivity contribution in [3.8, 4) is 11.5 Å². The highest BCUT2D eigenvalue weighted by atomic mass is 16.6. The molecular weight excluding hydrogens is 288 g/mol. The number of aromatic nitrogens is 4. The zero-order valence-electron chi connectivity index (χ0n) is 11.9. The molecule has 3 rings (SSSR count). The van der Waals surface area contributed by atoms with Crippen molar-refractivity contribution in [2.24, 2.45) is 0 Å². The van der Waals surface area contributed by atoms with Crippen molar-refractivity contribution in [1.82, 2.24) is 20.3 Å². The van der Waals surface area contributed by atoms with Gasteiger partial charge in [0.25, 0.3) is 5.89 Å². The molecule has 0 aliphatic heterocycles. The van der Waals surface area contributed by atoms with E-state index in [1.165, 1.54) is 0 Å². The van der Waals surface area contributed by atoms with E-state index < -0.39 is 5.97 Å². The van der Waals surface area contributed by atoms with Crippen LogP contribution in [0.25, 0.3) is 11.5 Å². The summed E-state index contributed by atoms with van der Waals surface area (Å²) in [7, 11) is 0. The first-order valence-corrected chi connectivity index (χ1v) is 6.48. The Bertz CT molecular complexity index is 809. The number of rotatable bonds is 4. The van der Waals surface area contributed by atoms with Crippen LogP contribution in [0.3, 0.4) is 0 Å². The summed E-state index contributed by atoms with van der Waals surface area (Å²) in [6.07, 6.45) is 0. The average molecular weight is 300 g/mol.